The van der Waals surface area contributed by atoms with Crippen molar-refractivity contribution in [3.63, 3.8) is 0 Å². The molecule has 0 radical (unpaired) electrons. The van der Waals surface area contributed by atoms with E-state index in [-0.39, 0.29) is 22.5 Å². The zero-order valence-electron chi connectivity index (χ0n) is 21.4. The number of rotatable bonds is 8. The number of carboxylic acid groups (broad SMARTS) is 1. The molecule has 0 aromatic heterocycles. The minimum atomic E-state index is -0.930. The maximum Gasteiger partial charge on any atom is 0.335 e. The van der Waals surface area contributed by atoms with Gasteiger partial charge in [-0.25, -0.2) is 4.79 Å². The summed E-state index contributed by atoms with van der Waals surface area (Å²) in [6.45, 7) is 12.2. The molecule has 4 heteroatoms. The smallest absolute Gasteiger partial charge is 0.335 e. The lowest BCUT2D eigenvalue weighted by atomic mass is 9.62. The van der Waals surface area contributed by atoms with E-state index in [9.17, 15) is 9.90 Å². The first-order valence-electron chi connectivity index (χ1n) is 12.4. The molecule has 0 heterocycles. The third kappa shape index (κ3) is 5.28. The summed E-state index contributed by atoms with van der Waals surface area (Å²) in [5, 5.41) is 9.20. The van der Waals surface area contributed by atoms with Crippen molar-refractivity contribution in [1.82, 2.24) is 0 Å². The van der Waals surface area contributed by atoms with Gasteiger partial charge in [0, 0.05) is 5.56 Å². The van der Waals surface area contributed by atoms with E-state index in [1.807, 2.05) is 37.3 Å². The van der Waals surface area contributed by atoms with Gasteiger partial charge in [-0.2, -0.15) is 0 Å². The fraction of sp³-hybridized carbons (Fsp3) is 0.387. The minimum Gasteiger partial charge on any atom is -0.493 e. The standard InChI is InChI=1S/C31H36O4/c1-6-34-27-19-26-25(30(2,3)16-17-31(26,4)5)18-24(27)28(22-10-8-7-9-11-22)35-20-21-12-14-23(15-13-21)29(32)33/h7-15,18-19,28H,6,16-17,20H2,1-5H3,(H,32,33). The van der Waals surface area contributed by atoms with Gasteiger partial charge in [0.05, 0.1) is 18.8 Å². The Kier molecular flexibility index (Phi) is 7.05. The van der Waals surface area contributed by atoms with Crippen LogP contribution in [0.4, 0.5) is 0 Å². The highest BCUT2D eigenvalue weighted by Gasteiger charge is 2.38. The van der Waals surface area contributed by atoms with Gasteiger partial charge in [0.25, 0.3) is 0 Å². The van der Waals surface area contributed by atoms with Crippen molar-refractivity contribution in [3.8, 4) is 5.75 Å². The maximum absolute atomic E-state index is 11.2. The number of carbonyl (C=O) groups is 1. The Labute approximate surface area is 208 Å². The summed E-state index contributed by atoms with van der Waals surface area (Å²) < 4.78 is 12.8. The van der Waals surface area contributed by atoms with E-state index in [1.54, 1.807) is 12.1 Å². The van der Waals surface area contributed by atoms with Crippen molar-refractivity contribution in [2.75, 3.05) is 6.61 Å². The zero-order chi connectivity index (χ0) is 25.2. The van der Waals surface area contributed by atoms with Crippen LogP contribution in [-0.4, -0.2) is 17.7 Å². The number of hydrogen-bond acceptors (Lipinski definition) is 3. The van der Waals surface area contributed by atoms with Crippen molar-refractivity contribution in [2.45, 2.75) is 71.0 Å². The van der Waals surface area contributed by atoms with Gasteiger partial charge in [-0.3, -0.25) is 0 Å². The first-order chi connectivity index (χ1) is 16.6. The molecule has 0 saturated carbocycles. The molecule has 0 amide bonds. The molecule has 0 bridgehead atoms. The lowest BCUT2D eigenvalue weighted by molar-refractivity contribution is 0.0642. The van der Waals surface area contributed by atoms with Crippen molar-refractivity contribution in [1.29, 1.82) is 0 Å². The van der Waals surface area contributed by atoms with Crippen LogP contribution in [0.2, 0.25) is 0 Å². The molecule has 35 heavy (non-hydrogen) atoms. The Balaban J connectivity index is 1.78. The predicted octanol–water partition coefficient (Wildman–Crippen LogP) is 7.44. The number of benzene rings is 3. The van der Waals surface area contributed by atoms with Gasteiger partial charge < -0.3 is 14.6 Å². The van der Waals surface area contributed by atoms with Gasteiger partial charge >= 0.3 is 5.97 Å². The van der Waals surface area contributed by atoms with E-state index in [1.165, 1.54) is 11.1 Å². The molecule has 1 atom stereocenters. The minimum absolute atomic E-state index is 0.0677. The van der Waals surface area contributed by atoms with Crippen LogP contribution in [0.3, 0.4) is 0 Å². The van der Waals surface area contributed by atoms with Crippen LogP contribution in [0.25, 0.3) is 0 Å². The van der Waals surface area contributed by atoms with Gasteiger partial charge in [0.15, 0.2) is 0 Å². The Morgan fingerprint density at radius 3 is 2.09 bits per heavy atom. The number of ether oxygens (including phenoxy) is 2. The van der Waals surface area contributed by atoms with Crippen LogP contribution in [0.5, 0.6) is 5.75 Å². The predicted molar refractivity (Wildman–Crippen MR) is 139 cm³/mol. The Hall–Kier alpha value is -3.11. The fourth-order valence-electron chi connectivity index (χ4n) is 5.01. The number of aromatic carboxylic acids is 1. The maximum atomic E-state index is 11.2. The molecular formula is C31H36O4. The molecule has 0 fully saturated rings. The van der Waals surface area contributed by atoms with E-state index < -0.39 is 5.97 Å². The van der Waals surface area contributed by atoms with Gasteiger partial charge in [0.2, 0.25) is 0 Å². The number of carboxylic acids is 1. The van der Waals surface area contributed by atoms with E-state index in [0.717, 1.165) is 35.3 Å². The first kappa shape index (κ1) is 25.0. The molecule has 1 unspecified atom stereocenters. The molecule has 3 aromatic carbocycles. The Morgan fingerprint density at radius 2 is 1.51 bits per heavy atom. The highest BCUT2D eigenvalue weighted by atomic mass is 16.5. The lowest BCUT2D eigenvalue weighted by Crippen LogP contribution is -2.34. The molecule has 0 aliphatic heterocycles. The van der Waals surface area contributed by atoms with Gasteiger partial charge in [-0.15, -0.1) is 0 Å². The average molecular weight is 473 g/mol. The molecule has 4 nitrogen and oxygen atoms in total. The summed E-state index contributed by atoms with van der Waals surface area (Å²) >= 11 is 0. The average Bonchev–Trinajstić information content (AvgIpc) is 2.84. The molecule has 1 aliphatic rings. The van der Waals surface area contributed by atoms with Crippen LogP contribution in [0.1, 0.15) is 91.7 Å². The molecular weight excluding hydrogens is 436 g/mol. The molecule has 4 rings (SSSR count). The van der Waals surface area contributed by atoms with E-state index >= 15 is 0 Å². The Bertz CT molecular complexity index is 1180. The monoisotopic (exact) mass is 472 g/mol. The molecule has 1 N–H and O–H groups in total. The molecule has 184 valence electrons. The van der Waals surface area contributed by atoms with Crippen LogP contribution >= 0.6 is 0 Å². The van der Waals surface area contributed by atoms with Crippen LogP contribution in [-0.2, 0) is 22.2 Å². The largest absolute Gasteiger partial charge is 0.493 e. The lowest BCUT2D eigenvalue weighted by Gasteiger charge is -2.42. The second kappa shape index (κ2) is 9.87. The van der Waals surface area contributed by atoms with E-state index in [0.29, 0.717) is 13.2 Å². The van der Waals surface area contributed by atoms with Crippen molar-refractivity contribution in [2.24, 2.45) is 0 Å². The summed E-state index contributed by atoms with van der Waals surface area (Å²) in [5.41, 5.74) is 6.16. The topological polar surface area (TPSA) is 55.8 Å². The van der Waals surface area contributed by atoms with Gasteiger partial charge in [-0.1, -0.05) is 70.2 Å². The summed E-state index contributed by atoms with van der Waals surface area (Å²) in [6.07, 6.45) is 1.96. The highest BCUT2D eigenvalue weighted by Crippen LogP contribution is 2.49. The fourth-order valence-corrected chi connectivity index (χ4v) is 5.01. The zero-order valence-corrected chi connectivity index (χ0v) is 21.4. The third-order valence-electron chi connectivity index (χ3n) is 7.29. The van der Waals surface area contributed by atoms with Crippen LogP contribution in [0, 0.1) is 0 Å². The van der Waals surface area contributed by atoms with Gasteiger partial charge in [-0.05, 0) is 77.1 Å². The molecule has 1 aliphatic carbocycles. The first-order valence-corrected chi connectivity index (χ1v) is 12.4. The van der Waals surface area contributed by atoms with Crippen molar-refractivity contribution >= 4 is 5.97 Å². The molecule has 0 saturated heterocycles. The number of hydrogen-bond donors (Lipinski definition) is 1. The molecule has 3 aromatic rings. The quantitative estimate of drug-likeness (QED) is 0.370. The van der Waals surface area contributed by atoms with Crippen LogP contribution in [0.15, 0.2) is 66.7 Å². The van der Waals surface area contributed by atoms with E-state index in [4.69, 9.17) is 9.47 Å². The summed E-state index contributed by atoms with van der Waals surface area (Å²) in [6, 6.07) is 21.7. The Morgan fingerprint density at radius 1 is 0.914 bits per heavy atom. The highest BCUT2D eigenvalue weighted by molar-refractivity contribution is 5.87. The van der Waals surface area contributed by atoms with Crippen molar-refractivity contribution < 1.29 is 19.4 Å². The SMILES string of the molecule is CCOc1cc2c(cc1C(OCc1ccc(C(=O)O)cc1)c1ccccc1)C(C)(C)CCC2(C)C. The van der Waals surface area contributed by atoms with Gasteiger partial charge in [0.1, 0.15) is 11.9 Å². The summed E-state index contributed by atoms with van der Waals surface area (Å²) in [7, 11) is 0. The second-order valence-electron chi connectivity index (χ2n) is 10.7. The van der Waals surface area contributed by atoms with E-state index in [2.05, 4.69) is 52.0 Å². The number of fused-ring (bicyclic) bond motifs is 1. The molecule has 0 spiro atoms. The second-order valence-corrected chi connectivity index (χ2v) is 10.7. The summed E-state index contributed by atoms with van der Waals surface area (Å²) in [5.74, 6) is -0.0623. The third-order valence-corrected chi connectivity index (χ3v) is 7.29. The normalized spacial score (nSPS) is 16.8. The van der Waals surface area contributed by atoms with Crippen LogP contribution < -0.4 is 4.74 Å². The van der Waals surface area contributed by atoms with Crippen molar-refractivity contribution in [3.05, 3.63) is 100 Å². The summed E-state index contributed by atoms with van der Waals surface area (Å²) in [4.78, 5) is 11.2.